The Kier molecular flexibility index (Phi) is 3.64. The van der Waals surface area contributed by atoms with E-state index in [0.717, 1.165) is 5.82 Å². The summed E-state index contributed by atoms with van der Waals surface area (Å²) < 4.78 is 5.63. The molecule has 1 saturated carbocycles. The van der Waals surface area contributed by atoms with E-state index in [-0.39, 0.29) is 5.54 Å². The highest BCUT2D eigenvalue weighted by Gasteiger charge is 2.31. The maximum atomic E-state index is 5.87. The molecular formula is C14H23N3O. The molecule has 18 heavy (non-hydrogen) atoms. The summed E-state index contributed by atoms with van der Waals surface area (Å²) in [5.74, 6) is 1.86. The molecule has 0 bridgehead atoms. The highest BCUT2D eigenvalue weighted by molar-refractivity contribution is 5.54. The van der Waals surface area contributed by atoms with Crippen LogP contribution in [0.15, 0.2) is 12.1 Å². The average Bonchev–Trinajstić information content (AvgIpc) is 2.27. The summed E-state index contributed by atoms with van der Waals surface area (Å²) >= 11 is 0. The van der Waals surface area contributed by atoms with Gasteiger partial charge in [0.05, 0.1) is 12.3 Å². The van der Waals surface area contributed by atoms with E-state index in [1.807, 2.05) is 12.1 Å². The Morgan fingerprint density at radius 3 is 2.72 bits per heavy atom. The van der Waals surface area contributed by atoms with Gasteiger partial charge in [0.1, 0.15) is 5.82 Å². The van der Waals surface area contributed by atoms with E-state index in [0.29, 0.717) is 24.1 Å². The van der Waals surface area contributed by atoms with Gasteiger partial charge in [-0.15, -0.1) is 0 Å². The second kappa shape index (κ2) is 5.04. The Balaban J connectivity index is 2.05. The molecule has 0 saturated heterocycles. The van der Waals surface area contributed by atoms with Crippen LogP contribution in [0, 0.1) is 5.92 Å². The van der Waals surface area contributed by atoms with Gasteiger partial charge in [0.15, 0.2) is 0 Å². The summed E-state index contributed by atoms with van der Waals surface area (Å²) in [5.41, 5.74) is 6.66. The molecule has 0 amide bonds. The molecule has 0 atom stereocenters. The molecule has 0 aliphatic heterocycles. The normalized spacial score (nSPS) is 17.3. The maximum Gasteiger partial charge on any atom is 0.239 e. The molecule has 1 fully saturated rings. The van der Waals surface area contributed by atoms with E-state index in [2.05, 4.69) is 31.1 Å². The smallest absolute Gasteiger partial charge is 0.239 e. The third kappa shape index (κ3) is 3.06. The summed E-state index contributed by atoms with van der Waals surface area (Å²) in [4.78, 5) is 4.45. The van der Waals surface area contributed by atoms with Crippen LogP contribution >= 0.6 is 0 Å². The summed E-state index contributed by atoms with van der Waals surface area (Å²) in [7, 11) is 0. The van der Waals surface area contributed by atoms with E-state index < -0.39 is 0 Å². The largest absolute Gasteiger partial charge is 0.476 e. The van der Waals surface area contributed by atoms with Crippen molar-refractivity contribution in [1.29, 1.82) is 0 Å². The molecular weight excluding hydrogens is 226 g/mol. The van der Waals surface area contributed by atoms with Crippen molar-refractivity contribution in [2.75, 3.05) is 17.7 Å². The monoisotopic (exact) mass is 249 g/mol. The number of nitrogens with zero attached hydrogens (tertiary/aromatic N) is 1. The molecule has 0 aromatic carbocycles. The lowest BCUT2D eigenvalue weighted by molar-refractivity contribution is 0.262. The SMILES string of the molecule is CC(C)COc1nc(NC2(C)CCC2)ccc1N. The number of nitrogen functional groups attached to an aromatic ring is 1. The molecule has 1 aliphatic rings. The Labute approximate surface area is 109 Å². The number of anilines is 2. The number of nitrogens with two attached hydrogens (primary N) is 1. The molecule has 2 rings (SSSR count). The number of aromatic nitrogens is 1. The van der Waals surface area contributed by atoms with E-state index in [1.54, 1.807) is 0 Å². The van der Waals surface area contributed by atoms with Crippen LogP contribution in [-0.2, 0) is 0 Å². The standard InChI is InChI=1S/C14H23N3O/c1-10(2)9-18-13-11(15)5-6-12(16-13)17-14(3)7-4-8-14/h5-6,10H,4,7-9,15H2,1-3H3,(H,16,17). The molecule has 100 valence electrons. The summed E-state index contributed by atoms with van der Waals surface area (Å²) in [6.07, 6.45) is 3.68. The zero-order valence-corrected chi connectivity index (χ0v) is 11.5. The second-order valence-electron chi connectivity index (χ2n) is 5.83. The van der Waals surface area contributed by atoms with Crippen molar-refractivity contribution < 1.29 is 4.74 Å². The first-order chi connectivity index (χ1) is 8.48. The lowest BCUT2D eigenvalue weighted by Gasteiger charge is -2.39. The Morgan fingerprint density at radius 1 is 1.44 bits per heavy atom. The number of nitrogens with one attached hydrogen (secondary N) is 1. The number of hydrogen-bond acceptors (Lipinski definition) is 4. The molecule has 4 nitrogen and oxygen atoms in total. The van der Waals surface area contributed by atoms with E-state index >= 15 is 0 Å². The quantitative estimate of drug-likeness (QED) is 0.842. The van der Waals surface area contributed by atoms with Gasteiger partial charge < -0.3 is 15.8 Å². The first kappa shape index (κ1) is 13.0. The fraction of sp³-hybridized carbons (Fsp3) is 0.643. The lowest BCUT2D eigenvalue weighted by atomic mass is 9.78. The van der Waals surface area contributed by atoms with Gasteiger partial charge >= 0.3 is 0 Å². The lowest BCUT2D eigenvalue weighted by Crippen LogP contribution is -2.41. The minimum Gasteiger partial charge on any atom is -0.476 e. The van der Waals surface area contributed by atoms with E-state index in [4.69, 9.17) is 10.5 Å². The first-order valence-corrected chi connectivity index (χ1v) is 6.66. The number of ether oxygens (including phenoxy) is 1. The minimum atomic E-state index is 0.193. The summed E-state index contributed by atoms with van der Waals surface area (Å²) in [6, 6.07) is 3.77. The fourth-order valence-corrected chi connectivity index (χ4v) is 2.02. The predicted octanol–water partition coefficient (Wildman–Crippen LogP) is 3.05. The van der Waals surface area contributed by atoms with E-state index in [1.165, 1.54) is 19.3 Å². The van der Waals surface area contributed by atoms with Crippen LogP contribution in [0.2, 0.25) is 0 Å². The molecule has 0 spiro atoms. The van der Waals surface area contributed by atoms with Gasteiger partial charge in [-0.05, 0) is 44.2 Å². The molecule has 0 radical (unpaired) electrons. The van der Waals surface area contributed by atoms with Crippen molar-refractivity contribution in [1.82, 2.24) is 4.98 Å². The minimum absolute atomic E-state index is 0.193. The number of pyridine rings is 1. The molecule has 0 unspecified atom stereocenters. The van der Waals surface area contributed by atoms with Crippen molar-refractivity contribution in [3.05, 3.63) is 12.1 Å². The van der Waals surface area contributed by atoms with Crippen LogP contribution in [0.4, 0.5) is 11.5 Å². The second-order valence-corrected chi connectivity index (χ2v) is 5.83. The third-order valence-corrected chi connectivity index (χ3v) is 3.33. The van der Waals surface area contributed by atoms with Gasteiger partial charge in [-0.2, -0.15) is 4.98 Å². The molecule has 1 aromatic heterocycles. The Bertz CT molecular complexity index is 414. The summed E-state index contributed by atoms with van der Waals surface area (Å²) in [5, 5.41) is 3.46. The van der Waals surface area contributed by atoms with Gasteiger partial charge in [0.2, 0.25) is 5.88 Å². The fourth-order valence-electron chi connectivity index (χ4n) is 2.02. The van der Waals surface area contributed by atoms with Crippen molar-refractivity contribution in [2.24, 2.45) is 5.92 Å². The van der Waals surface area contributed by atoms with Crippen LogP contribution < -0.4 is 15.8 Å². The van der Waals surface area contributed by atoms with Crippen molar-refractivity contribution in [3.63, 3.8) is 0 Å². The zero-order valence-electron chi connectivity index (χ0n) is 11.5. The van der Waals surface area contributed by atoms with Crippen LogP contribution in [-0.4, -0.2) is 17.1 Å². The van der Waals surface area contributed by atoms with Crippen LogP contribution in [0.1, 0.15) is 40.0 Å². The van der Waals surface area contributed by atoms with Gasteiger partial charge in [0, 0.05) is 5.54 Å². The maximum absolute atomic E-state index is 5.87. The van der Waals surface area contributed by atoms with Crippen LogP contribution in [0.3, 0.4) is 0 Å². The molecule has 1 aliphatic carbocycles. The van der Waals surface area contributed by atoms with Gasteiger partial charge in [-0.3, -0.25) is 0 Å². The number of hydrogen-bond donors (Lipinski definition) is 2. The zero-order chi connectivity index (χ0) is 13.2. The highest BCUT2D eigenvalue weighted by Crippen LogP contribution is 2.35. The average molecular weight is 249 g/mol. The van der Waals surface area contributed by atoms with E-state index in [9.17, 15) is 0 Å². The van der Waals surface area contributed by atoms with Gasteiger partial charge in [-0.1, -0.05) is 13.8 Å². The molecule has 1 aromatic rings. The molecule has 3 N–H and O–H groups in total. The highest BCUT2D eigenvalue weighted by atomic mass is 16.5. The third-order valence-electron chi connectivity index (χ3n) is 3.33. The van der Waals surface area contributed by atoms with Crippen molar-refractivity contribution in [2.45, 2.75) is 45.6 Å². The molecule has 1 heterocycles. The van der Waals surface area contributed by atoms with Crippen LogP contribution in [0.5, 0.6) is 5.88 Å². The number of rotatable bonds is 5. The van der Waals surface area contributed by atoms with Gasteiger partial charge in [0.25, 0.3) is 0 Å². The summed E-state index contributed by atoms with van der Waals surface area (Å²) in [6.45, 7) is 7.07. The Morgan fingerprint density at radius 2 is 2.17 bits per heavy atom. The first-order valence-electron chi connectivity index (χ1n) is 6.66. The van der Waals surface area contributed by atoms with Crippen LogP contribution in [0.25, 0.3) is 0 Å². The van der Waals surface area contributed by atoms with Crippen molar-refractivity contribution in [3.8, 4) is 5.88 Å². The molecule has 4 heteroatoms. The predicted molar refractivity (Wildman–Crippen MR) is 74.9 cm³/mol. The van der Waals surface area contributed by atoms with Gasteiger partial charge in [-0.25, -0.2) is 0 Å². The van der Waals surface area contributed by atoms with Crippen molar-refractivity contribution >= 4 is 11.5 Å². The Hall–Kier alpha value is -1.45. The topological polar surface area (TPSA) is 60.2 Å².